The fraction of sp³-hybridized carbons (Fsp3) is 0. The minimum atomic E-state index is -0.344. The van der Waals surface area contributed by atoms with E-state index < -0.39 is 0 Å². The number of aromatic amines is 1. The number of carbonyl (C=O) groups is 1. The Morgan fingerprint density at radius 2 is 2.00 bits per heavy atom. The third-order valence-corrected chi connectivity index (χ3v) is 4.37. The van der Waals surface area contributed by atoms with Crippen LogP contribution in [0.4, 0.5) is 0 Å². The number of benzene rings is 2. The second-order valence-corrected chi connectivity index (χ2v) is 6.52. The number of amides is 1. The van der Waals surface area contributed by atoms with Crippen LogP contribution >= 0.6 is 38.5 Å². The number of H-pyrrole nitrogens is 1. The van der Waals surface area contributed by atoms with Gasteiger partial charge in [-0.1, -0.05) is 12.1 Å². The van der Waals surface area contributed by atoms with Crippen LogP contribution in [0.2, 0.25) is 0 Å². The van der Waals surface area contributed by atoms with E-state index in [0.29, 0.717) is 5.56 Å². The largest absolute Gasteiger partial charge is 0.338 e. The molecule has 1 amide bonds. The molecule has 0 atom stereocenters. The van der Waals surface area contributed by atoms with Crippen LogP contribution in [0.15, 0.2) is 40.9 Å². The topological polar surface area (TPSA) is 83.8 Å². The van der Waals surface area contributed by atoms with Gasteiger partial charge in [0.05, 0.1) is 5.52 Å². The SMILES string of the molecule is NNC(=O)c1cc(Br)c2nc(-c3ccc(I)cc3)[nH]c2c1. The van der Waals surface area contributed by atoms with Gasteiger partial charge in [-0.2, -0.15) is 0 Å². The summed E-state index contributed by atoms with van der Waals surface area (Å²) in [6.45, 7) is 0. The van der Waals surface area contributed by atoms with Gasteiger partial charge >= 0.3 is 0 Å². The number of hydrogen-bond donors (Lipinski definition) is 3. The molecule has 21 heavy (non-hydrogen) atoms. The first-order valence-electron chi connectivity index (χ1n) is 6.04. The van der Waals surface area contributed by atoms with Gasteiger partial charge in [-0.15, -0.1) is 0 Å². The van der Waals surface area contributed by atoms with E-state index in [4.69, 9.17) is 5.84 Å². The van der Waals surface area contributed by atoms with Crippen LogP contribution in [0, 0.1) is 3.57 Å². The molecule has 0 radical (unpaired) electrons. The molecule has 7 heteroatoms. The average molecular weight is 457 g/mol. The summed E-state index contributed by atoms with van der Waals surface area (Å²) in [4.78, 5) is 19.4. The van der Waals surface area contributed by atoms with Gasteiger partial charge in [-0.3, -0.25) is 10.2 Å². The van der Waals surface area contributed by atoms with Crippen molar-refractivity contribution in [2.24, 2.45) is 5.84 Å². The maximum absolute atomic E-state index is 11.6. The first kappa shape index (κ1) is 14.5. The van der Waals surface area contributed by atoms with Gasteiger partial charge in [-0.05, 0) is 62.8 Å². The molecule has 1 heterocycles. The molecule has 106 valence electrons. The van der Waals surface area contributed by atoms with Crippen molar-refractivity contribution in [2.45, 2.75) is 0 Å². The van der Waals surface area contributed by atoms with Gasteiger partial charge in [0.1, 0.15) is 11.3 Å². The van der Waals surface area contributed by atoms with Crippen LogP contribution < -0.4 is 11.3 Å². The van der Waals surface area contributed by atoms with Gasteiger partial charge < -0.3 is 4.98 Å². The van der Waals surface area contributed by atoms with Gasteiger partial charge in [-0.25, -0.2) is 10.8 Å². The Morgan fingerprint density at radius 3 is 2.67 bits per heavy atom. The number of aromatic nitrogens is 2. The smallest absolute Gasteiger partial charge is 0.265 e. The van der Waals surface area contributed by atoms with E-state index in [2.05, 4.69) is 53.9 Å². The van der Waals surface area contributed by atoms with E-state index in [1.165, 1.54) is 0 Å². The van der Waals surface area contributed by atoms with Crippen LogP contribution in [0.1, 0.15) is 10.4 Å². The monoisotopic (exact) mass is 456 g/mol. The summed E-state index contributed by atoms with van der Waals surface area (Å²) in [5, 5.41) is 0. The zero-order chi connectivity index (χ0) is 15.0. The third-order valence-electron chi connectivity index (χ3n) is 3.05. The first-order chi connectivity index (χ1) is 10.1. The van der Waals surface area contributed by atoms with Gasteiger partial charge in [0.15, 0.2) is 0 Å². The van der Waals surface area contributed by atoms with Crippen molar-refractivity contribution >= 4 is 55.5 Å². The van der Waals surface area contributed by atoms with Crippen molar-refractivity contribution in [1.29, 1.82) is 0 Å². The normalized spacial score (nSPS) is 10.8. The minimum Gasteiger partial charge on any atom is -0.338 e. The molecule has 5 nitrogen and oxygen atoms in total. The molecule has 0 saturated heterocycles. The lowest BCUT2D eigenvalue weighted by Gasteiger charge is -2.00. The summed E-state index contributed by atoms with van der Waals surface area (Å²) in [6, 6.07) is 11.5. The van der Waals surface area contributed by atoms with Crippen LogP contribution in [0.25, 0.3) is 22.4 Å². The van der Waals surface area contributed by atoms with Crippen LogP contribution in [0.3, 0.4) is 0 Å². The quantitative estimate of drug-likeness (QED) is 0.239. The molecular weight excluding hydrogens is 447 g/mol. The maximum atomic E-state index is 11.6. The second-order valence-electron chi connectivity index (χ2n) is 4.42. The number of nitrogens with zero attached hydrogens (tertiary/aromatic N) is 1. The van der Waals surface area contributed by atoms with Crippen LogP contribution in [-0.4, -0.2) is 15.9 Å². The lowest BCUT2D eigenvalue weighted by Crippen LogP contribution is -2.29. The molecular formula is C14H10BrIN4O. The second kappa shape index (κ2) is 5.74. The van der Waals surface area contributed by atoms with Crippen molar-refractivity contribution in [3.8, 4) is 11.4 Å². The number of hydrogen-bond acceptors (Lipinski definition) is 3. The Balaban J connectivity index is 2.13. The van der Waals surface area contributed by atoms with Crippen molar-refractivity contribution in [1.82, 2.24) is 15.4 Å². The molecule has 0 bridgehead atoms. The summed E-state index contributed by atoms with van der Waals surface area (Å²) < 4.78 is 1.90. The van der Waals surface area contributed by atoms with E-state index in [1.54, 1.807) is 12.1 Å². The molecule has 3 aromatic rings. The van der Waals surface area contributed by atoms with Crippen LogP contribution in [0.5, 0.6) is 0 Å². The summed E-state index contributed by atoms with van der Waals surface area (Å²) in [6.07, 6.45) is 0. The Bertz CT molecular complexity index is 829. The third kappa shape index (κ3) is 2.81. The zero-order valence-electron chi connectivity index (χ0n) is 10.7. The molecule has 3 rings (SSSR count). The highest BCUT2D eigenvalue weighted by Crippen LogP contribution is 2.27. The highest BCUT2D eigenvalue weighted by atomic mass is 127. The summed E-state index contributed by atoms with van der Waals surface area (Å²) in [5.74, 6) is 5.58. The zero-order valence-corrected chi connectivity index (χ0v) is 14.4. The van der Waals surface area contributed by atoms with E-state index in [1.807, 2.05) is 24.3 Å². The fourth-order valence-corrected chi connectivity index (χ4v) is 2.94. The number of rotatable bonds is 2. The predicted octanol–water partition coefficient (Wildman–Crippen LogP) is 3.20. The molecule has 0 spiro atoms. The van der Waals surface area contributed by atoms with Gasteiger partial charge in [0.2, 0.25) is 0 Å². The lowest BCUT2D eigenvalue weighted by atomic mass is 10.2. The average Bonchev–Trinajstić information content (AvgIpc) is 2.91. The summed E-state index contributed by atoms with van der Waals surface area (Å²) in [5.41, 5.74) is 5.13. The number of nitrogen functional groups attached to an aromatic ring is 1. The predicted molar refractivity (Wildman–Crippen MR) is 93.6 cm³/mol. The molecule has 0 aliphatic rings. The maximum Gasteiger partial charge on any atom is 0.265 e. The Labute approximate surface area is 142 Å². The summed E-state index contributed by atoms with van der Waals surface area (Å²) in [7, 11) is 0. The van der Waals surface area contributed by atoms with Crippen molar-refractivity contribution in [3.05, 3.63) is 50.0 Å². The minimum absolute atomic E-state index is 0.344. The van der Waals surface area contributed by atoms with E-state index in [-0.39, 0.29) is 5.91 Å². The molecule has 0 fully saturated rings. The van der Waals surface area contributed by atoms with E-state index in [9.17, 15) is 4.79 Å². The molecule has 1 aromatic heterocycles. The number of imidazole rings is 1. The highest BCUT2D eigenvalue weighted by Gasteiger charge is 2.12. The van der Waals surface area contributed by atoms with Crippen molar-refractivity contribution in [3.63, 3.8) is 0 Å². The number of nitrogens with one attached hydrogen (secondary N) is 2. The van der Waals surface area contributed by atoms with E-state index in [0.717, 1.165) is 30.5 Å². The molecule has 2 aromatic carbocycles. The van der Waals surface area contributed by atoms with Gasteiger partial charge in [0.25, 0.3) is 5.91 Å². The fourth-order valence-electron chi connectivity index (χ4n) is 2.03. The number of halogens is 2. The molecule has 0 aliphatic carbocycles. The number of carbonyl (C=O) groups excluding carboxylic acids is 1. The molecule has 4 N–H and O–H groups in total. The van der Waals surface area contributed by atoms with Crippen molar-refractivity contribution in [2.75, 3.05) is 0 Å². The number of hydrazine groups is 1. The lowest BCUT2D eigenvalue weighted by molar-refractivity contribution is 0.0953. The number of fused-ring (bicyclic) bond motifs is 1. The number of nitrogens with two attached hydrogens (primary N) is 1. The molecule has 0 aliphatic heterocycles. The van der Waals surface area contributed by atoms with Crippen molar-refractivity contribution < 1.29 is 4.79 Å². The standard InChI is InChI=1S/C14H10BrIN4O/c15-10-5-8(14(21)20-17)6-11-12(10)19-13(18-11)7-1-3-9(16)4-2-7/h1-6H,17H2,(H,18,19)(H,20,21). The van der Waals surface area contributed by atoms with Crippen LogP contribution in [-0.2, 0) is 0 Å². The Hall–Kier alpha value is -1.45. The Kier molecular flexibility index (Phi) is 3.96. The van der Waals surface area contributed by atoms with E-state index >= 15 is 0 Å². The van der Waals surface area contributed by atoms with Gasteiger partial charge in [0, 0.05) is 19.2 Å². The summed E-state index contributed by atoms with van der Waals surface area (Å²) >= 11 is 5.69. The highest BCUT2D eigenvalue weighted by molar-refractivity contribution is 14.1. The Morgan fingerprint density at radius 1 is 1.29 bits per heavy atom. The molecule has 0 saturated carbocycles. The first-order valence-corrected chi connectivity index (χ1v) is 7.92. The molecule has 0 unspecified atom stereocenters.